The van der Waals surface area contributed by atoms with Crippen molar-refractivity contribution in [2.75, 3.05) is 31.5 Å². The lowest BCUT2D eigenvalue weighted by Gasteiger charge is -2.42. The summed E-state index contributed by atoms with van der Waals surface area (Å²) in [6.45, 7) is 8.24. The fraction of sp³-hybridized carbons (Fsp3) is 0.677. The first-order chi connectivity index (χ1) is 18.5. The molecule has 0 aliphatic carbocycles. The summed E-state index contributed by atoms with van der Waals surface area (Å²) in [5, 5.41) is 11.7. The number of nitrogens with zero attached hydrogens (tertiary/aromatic N) is 1. The second kappa shape index (κ2) is 17.0. The molecule has 1 fully saturated rings. The van der Waals surface area contributed by atoms with E-state index in [1.165, 1.54) is 70.6 Å². The van der Waals surface area contributed by atoms with Crippen molar-refractivity contribution in [1.82, 2.24) is 15.5 Å². The molecule has 0 unspecified atom stereocenters. The van der Waals surface area contributed by atoms with Crippen molar-refractivity contribution in [3.05, 3.63) is 29.8 Å². The maximum absolute atomic E-state index is 6.56. The van der Waals surface area contributed by atoms with E-state index < -0.39 is 0 Å². The van der Waals surface area contributed by atoms with Crippen LogP contribution in [0.15, 0.2) is 24.3 Å². The number of unbranched alkanes of at least 4 members (excludes halogenated alkanes) is 10. The van der Waals surface area contributed by atoms with E-state index in [9.17, 15) is 0 Å². The summed E-state index contributed by atoms with van der Waals surface area (Å²) in [5.41, 5.74) is 1.85. The van der Waals surface area contributed by atoms with Crippen molar-refractivity contribution in [2.24, 2.45) is 0 Å². The highest BCUT2D eigenvalue weighted by molar-refractivity contribution is 7.80. The van der Waals surface area contributed by atoms with Gasteiger partial charge in [0, 0.05) is 50.3 Å². The van der Waals surface area contributed by atoms with Crippen LogP contribution in [0.3, 0.4) is 0 Å². The van der Waals surface area contributed by atoms with Crippen molar-refractivity contribution in [3.8, 4) is 5.75 Å². The predicted octanol–water partition coefficient (Wildman–Crippen LogP) is 7.81. The highest BCUT2D eigenvalue weighted by atomic mass is 32.1. The van der Waals surface area contributed by atoms with E-state index in [-0.39, 0.29) is 5.60 Å². The molecule has 7 heteroatoms. The average Bonchev–Trinajstić information content (AvgIpc) is 2.92. The first-order valence-electron chi connectivity index (χ1n) is 15.1. The third-order valence-corrected chi connectivity index (χ3v) is 8.32. The number of nitrogens with one attached hydrogen (secondary N) is 3. The number of ether oxygens (including phenoxy) is 1. The number of thiocarbonyl (C=S) groups is 2. The molecule has 0 atom stereocenters. The molecule has 1 saturated heterocycles. The quantitative estimate of drug-likeness (QED) is 0.150. The van der Waals surface area contributed by atoms with E-state index in [0.717, 1.165) is 67.6 Å². The Hall–Kier alpha value is -1.86. The van der Waals surface area contributed by atoms with Gasteiger partial charge in [-0.2, -0.15) is 0 Å². The van der Waals surface area contributed by atoms with Crippen LogP contribution < -0.4 is 20.7 Å². The number of hydrogen-bond donors (Lipinski definition) is 3. The van der Waals surface area contributed by atoms with Crippen LogP contribution in [-0.4, -0.2) is 46.9 Å². The summed E-state index contributed by atoms with van der Waals surface area (Å²) in [6.07, 6.45) is 21.9. The predicted molar refractivity (Wildman–Crippen MR) is 171 cm³/mol. The van der Waals surface area contributed by atoms with Crippen LogP contribution in [0.5, 0.6) is 5.75 Å². The molecular weight excluding hydrogens is 509 g/mol. The van der Waals surface area contributed by atoms with Gasteiger partial charge in [0.05, 0.1) is 0 Å². The van der Waals surface area contributed by atoms with E-state index in [0.29, 0.717) is 5.11 Å². The van der Waals surface area contributed by atoms with Crippen LogP contribution in [0.1, 0.15) is 109 Å². The second-order valence-corrected chi connectivity index (χ2v) is 11.7. The lowest BCUT2D eigenvalue weighted by Crippen LogP contribution is -2.51. The monoisotopic (exact) mass is 558 g/mol. The largest absolute Gasteiger partial charge is 0.482 e. The molecule has 212 valence electrons. The summed E-state index contributed by atoms with van der Waals surface area (Å²) in [5.74, 6) is 0.946. The van der Waals surface area contributed by atoms with E-state index in [1.54, 1.807) is 0 Å². The highest BCUT2D eigenvalue weighted by Gasteiger charge is 2.37. The Morgan fingerprint density at radius 1 is 0.842 bits per heavy atom. The van der Waals surface area contributed by atoms with Gasteiger partial charge in [0.15, 0.2) is 10.2 Å². The molecule has 5 nitrogen and oxygen atoms in total. The van der Waals surface area contributed by atoms with E-state index >= 15 is 0 Å². The standard InChI is InChI=1S/C31H50N4OS2/c1-3-5-7-9-11-13-21-32-29(37)34-27-15-16-28-26(25-27)17-18-31(36-28)19-23-35(24-20-31)30(38)33-22-14-12-10-8-6-4-2/h15-18,25H,3-14,19-24H2,1-2H3,(H,33,38)(H2,32,34,37). The molecule has 0 radical (unpaired) electrons. The highest BCUT2D eigenvalue weighted by Crippen LogP contribution is 2.38. The number of fused-ring (bicyclic) bond motifs is 1. The van der Waals surface area contributed by atoms with Crippen molar-refractivity contribution in [2.45, 2.75) is 109 Å². The number of hydrogen-bond acceptors (Lipinski definition) is 3. The van der Waals surface area contributed by atoms with Gasteiger partial charge in [0.1, 0.15) is 11.4 Å². The van der Waals surface area contributed by atoms with E-state index in [2.05, 4.69) is 65.0 Å². The van der Waals surface area contributed by atoms with Gasteiger partial charge in [-0.25, -0.2) is 0 Å². The Labute approximate surface area is 242 Å². The summed E-state index contributed by atoms with van der Waals surface area (Å²) in [4.78, 5) is 2.30. The zero-order valence-corrected chi connectivity index (χ0v) is 25.4. The molecule has 1 aromatic carbocycles. The minimum absolute atomic E-state index is 0.235. The second-order valence-electron chi connectivity index (χ2n) is 10.9. The number of likely N-dealkylation sites (tertiary alicyclic amines) is 1. The summed E-state index contributed by atoms with van der Waals surface area (Å²) >= 11 is 11.2. The van der Waals surface area contributed by atoms with Gasteiger partial charge >= 0.3 is 0 Å². The Balaban J connectivity index is 1.36. The van der Waals surface area contributed by atoms with Gasteiger partial charge in [0.2, 0.25) is 0 Å². The van der Waals surface area contributed by atoms with E-state index in [1.807, 2.05) is 0 Å². The van der Waals surface area contributed by atoms with Gasteiger partial charge in [-0.3, -0.25) is 0 Å². The van der Waals surface area contributed by atoms with Crippen molar-refractivity contribution in [1.29, 1.82) is 0 Å². The molecule has 0 aromatic heterocycles. The first kappa shape index (κ1) is 30.7. The molecule has 38 heavy (non-hydrogen) atoms. The maximum Gasteiger partial charge on any atom is 0.170 e. The van der Waals surface area contributed by atoms with Crippen LogP contribution in [-0.2, 0) is 0 Å². The molecule has 2 heterocycles. The Kier molecular flexibility index (Phi) is 13.7. The summed E-state index contributed by atoms with van der Waals surface area (Å²) in [6, 6.07) is 6.24. The molecule has 2 aliphatic rings. The molecule has 3 rings (SSSR count). The molecule has 2 aliphatic heterocycles. The smallest absolute Gasteiger partial charge is 0.170 e. The van der Waals surface area contributed by atoms with Gasteiger partial charge in [-0.05, 0) is 61.6 Å². The fourth-order valence-electron chi connectivity index (χ4n) is 5.20. The molecule has 1 aromatic rings. The molecule has 0 bridgehead atoms. The zero-order chi connectivity index (χ0) is 27.1. The zero-order valence-electron chi connectivity index (χ0n) is 23.8. The van der Waals surface area contributed by atoms with Crippen LogP contribution in [0, 0.1) is 0 Å². The Morgan fingerprint density at radius 2 is 1.45 bits per heavy atom. The van der Waals surface area contributed by atoms with Crippen LogP contribution in [0.2, 0.25) is 0 Å². The molecule has 3 N–H and O–H groups in total. The third kappa shape index (κ3) is 10.4. The number of benzene rings is 1. The first-order valence-corrected chi connectivity index (χ1v) is 16.0. The minimum Gasteiger partial charge on any atom is -0.482 e. The Morgan fingerprint density at radius 3 is 2.11 bits per heavy atom. The molecular formula is C31H50N4OS2. The molecule has 0 amide bonds. The lowest BCUT2D eigenvalue weighted by molar-refractivity contribution is 0.0586. The van der Waals surface area contributed by atoms with Crippen LogP contribution in [0.25, 0.3) is 6.08 Å². The SMILES string of the molecule is CCCCCCCCNC(=S)Nc1ccc2c(c1)C=CC1(CCN(C(=S)NCCCCCCCC)CC1)O2. The summed E-state index contributed by atoms with van der Waals surface area (Å²) in [7, 11) is 0. The topological polar surface area (TPSA) is 48.6 Å². The maximum atomic E-state index is 6.56. The Bertz CT molecular complexity index is 896. The average molecular weight is 559 g/mol. The van der Waals surface area contributed by atoms with Gasteiger partial charge in [-0.15, -0.1) is 0 Å². The molecule has 0 saturated carbocycles. The van der Waals surface area contributed by atoms with Crippen molar-refractivity contribution >= 4 is 46.4 Å². The normalized spacial score (nSPS) is 15.6. The number of piperidine rings is 1. The summed E-state index contributed by atoms with van der Waals surface area (Å²) < 4.78 is 6.56. The molecule has 1 spiro atoms. The lowest BCUT2D eigenvalue weighted by atomic mass is 9.88. The van der Waals surface area contributed by atoms with Crippen LogP contribution in [0.4, 0.5) is 5.69 Å². The number of rotatable bonds is 15. The van der Waals surface area contributed by atoms with Gasteiger partial charge in [0.25, 0.3) is 0 Å². The van der Waals surface area contributed by atoms with Crippen molar-refractivity contribution in [3.63, 3.8) is 0 Å². The van der Waals surface area contributed by atoms with Crippen LogP contribution >= 0.6 is 24.4 Å². The fourth-order valence-corrected chi connectivity index (χ4v) is 5.70. The van der Waals surface area contributed by atoms with Gasteiger partial charge < -0.3 is 25.6 Å². The van der Waals surface area contributed by atoms with Gasteiger partial charge in [-0.1, -0.05) is 84.1 Å². The van der Waals surface area contributed by atoms with Crippen molar-refractivity contribution < 1.29 is 4.74 Å². The third-order valence-electron chi connectivity index (χ3n) is 7.67. The van der Waals surface area contributed by atoms with E-state index in [4.69, 9.17) is 29.2 Å². The number of anilines is 1. The minimum atomic E-state index is -0.235.